The van der Waals surface area contributed by atoms with E-state index in [1.54, 1.807) is 0 Å². The summed E-state index contributed by atoms with van der Waals surface area (Å²) >= 11 is 0. The predicted molar refractivity (Wildman–Crippen MR) is 118 cm³/mol. The number of hydrogen-bond donors (Lipinski definition) is 3. The Labute approximate surface area is 199 Å². The summed E-state index contributed by atoms with van der Waals surface area (Å²) in [6.45, 7) is -0.0303. The van der Waals surface area contributed by atoms with E-state index in [0.29, 0.717) is 0 Å². The van der Waals surface area contributed by atoms with Crippen LogP contribution in [0, 0.1) is 0 Å². The van der Waals surface area contributed by atoms with Crippen molar-refractivity contribution in [2.75, 3.05) is 36.7 Å². The summed E-state index contributed by atoms with van der Waals surface area (Å²) < 4.78 is 69.6. The monoisotopic (exact) mass is 516 g/mol. The van der Waals surface area contributed by atoms with Crippen molar-refractivity contribution in [2.24, 2.45) is 0 Å². The van der Waals surface area contributed by atoms with Crippen LogP contribution in [0.15, 0.2) is 48.5 Å². The molecule has 0 unspecified atom stereocenters. The molecule has 1 aliphatic heterocycles. The van der Waals surface area contributed by atoms with Crippen LogP contribution in [-0.2, 0) is 25.8 Å². The van der Waals surface area contributed by atoms with E-state index in [2.05, 4.69) is 5.32 Å². The molecule has 1 heterocycles. The SMILES string of the molecule is CS(=O)(=O)N(C[C@@H](C(=O)NO)N1CCNC(=O)C1)c1ccc(Oc2ccc(C(F)(F)F)cc2)cc1. The molecular formula is C21H23F3N4O6S. The van der Waals surface area contributed by atoms with E-state index in [-0.39, 0.29) is 42.7 Å². The molecule has 2 aromatic rings. The van der Waals surface area contributed by atoms with Crippen LogP contribution in [0.5, 0.6) is 11.5 Å². The number of nitrogens with zero attached hydrogens (tertiary/aromatic N) is 2. The Morgan fingerprint density at radius 1 is 1.17 bits per heavy atom. The highest BCUT2D eigenvalue weighted by Gasteiger charge is 2.34. The molecule has 0 saturated carbocycles. The number of anilines is 1. The standard InChI is InChI=1S/C21H23F3N4O6S/c1-35(32,33)28(12-18(20(30)26-31)27-11-10-25-19(29)13-27)15-4-8-17(9-5-15)34-16-6-2-14(3-7-16)21(22,23)24/h2-9,18,31H,10-13H2,1H3,(H,25,29)(H,26,30)/t18-/m0/s1. The van der Waals surface area contributed by atoms with Crippen LogP contribution >= 0.6 is 0 Å². The highest BCUT2D eigenvalue weighted by molar-refractivity contribution is 7.92. The van der Waals surface area contributed by atoms with E-state index >= 15 is 0 Å². The number of nitrogens with one attached hydrogen (secondary N) is 2. The first-order valence-electron chi connectivity index (χ1n) is 10.3. The maximum Gasteiger partial charge on any atom is 0.416 e. The largest absolute Gasteiger partial charge is 0.457 e. The summed E-state index contributed by atoms with van der Waals surface area (Å²) in [5, 5.41) is 11.8. The first-order valence-corrected chi connectivity index (χ1v) is 12.1. The number of hydrogen-bond acceptors (Lipinski definition) is 7. The molecular weight excluding hydrogens is 493 g/mol. The molecule has 10 nitrogen and oxygen atoms in total. The number of alkyl halides is 3. The molecule has 3 N–H and O–H groups in total. The Balaban J connectivity index is 1.80. The summed E-state index contributed by atoms with van der Waals surface area (Å²) in [4.78, 5) is 25.5. The highest BCUT2D eigenvalue weighted by atomic mass is 32.2. The van der Waals surface area contributed by atoms with E-state index in [9.17, 15) is 31.2 Å². The smallest absolute Gasteiger partial charge is 0.416 e. The number of benzene rings is 2. The summed E-state index contributed by atoms with van der Waals surface area (Å²) in [7, 11) is -3.90. The highest BCUT2D eigenvalue weighted by Crippen LogP contribution is 2.32. The Morgan fingerprint density at radius 3 is 2.23 bits per heavy atom. The van der Waals surface area contributed by atoms with Crippen molar-refractivity contribution in [1.82, 2.24) is 15.7 Å². The third-order valence-corrected chi connectivity index (χ3v) is 6.36. The van der Waals surface area contributed by atoms with Crippen molar-refractivity contribution in [3.8, 4) is 11.5 Å². The van der Waals surface area contributed by atoms with Crippen LogP contribution in [0.1, 0.15) is 5.56 Å². The fraction of sp³-hybridized carbons (Fsp3) is 0.333. The normalized spacial score (nSPS) is 15.7. The van der Waals surface area contributed by atoms with Gasteiger partial charge in [0, 0.05) is 13.1 Å². The number of hydroxylamine groups is 1. The fourth-order valence-corrected chi connectivity index (χ4v) is 4.40. The molecule has 1 saturated heterocycles. The second kappa shape index (κ2) is 10.5. The number of piperazine rings is 1. The molecule has 0 bridgehead atoms. The number of carbonyl (C=O) groups excluding carboxylic acids is 2. The van der Waals surface area contributed by atoms with Crippen LogP contribution in [0.3, 0.4) is 0 Å². The first kappa shape index (κ1) is 26.2. The number of carbonyl (C=O) groups is 2. The minimum atomic E-state index is -4.47. The second-order valence-electron chi connectivity index (χ2n) is 7.72. The topological polar surface area (TPSA) is 128 Å². The van der Waals surface area contributed by atoms with Crippen molar-refractivity contribution in [1.29, 1.82) is 0 Å². The van der Waals surface area contributed by atoms with E-state index in [1.165, 1.54) is 34.6 Å². The first-order chi connectivity index (χ1) is 16.4. The minimum Gasteiger partial charge on any atom is -0.457 e. The lowest BCUT2D eigenvalue weighted by molar-refractivity contribution is -0.138. The number of ether oxygens (including phenoxy) is 1. The third-order valence-electron chi connectivity index (χ3n) is 5.20. The molecule has 35 heavy (non-hydrogen) atoms. The quantitative estimate of drug-likeness (QED) is 0.359. The van der Waals surface area contributed by atoms with Crippen molar-refractivity contribution in [3.63, 3.8) is 0 Å². The molecule has 2 amide bonds. The molecule has 0 spiro atoms. The van der Waals surface area contributed by atoms with Crippen LogP contribution in [0.2, 0.25) is 0 Å². The van der Waals surface area contributed by atoms with E-state index in [0.717, 1.165) is 34.8 Å². The van der Waals surface area contributed by atoms with Crippen LogP contribution in [0.25, 0.3) is 0 Å². The van der Waals surface area contributed by atoms with Crippen molar-refractivity contribution < 1.29 is 41.1 Å². The second-order valence-corrected chi connectivity index (χ2v) is 9.63. The van der Waals surface area contributed by atoms with Gasteiger partial charge in [-0.25, -0.2) is 13.9 Å². The number of sulfonamides is 1. The van der Waals surface area contributed by atoms with Crippen LogP contribution in [0.4, 0.5) is 18.9 Å². The van der Waals surface area contributed by atoms with Gasteiger partial charge in [0.1, 0.15) is 17.5 Å². The molecule has 1 aliphatic rings. The van der Waals surface area contributed by atoms with Crippen molar-refractivity contribution in [3.05, 3.63) is 54.1 Å². The zero-order chi connectivity index (χ0) is 25.8. The molecule has 190 valence electrons. The van der Waals surface area contributed by atoms with Crippen molar-refractivity contribution >= 4 is 27.5 Å². The number of rotatable bonds is 8. The van der Waals surface area contributed by atoms with Crippen LogP contribution in [-0.4, -0.2) is 68.8 Å². The van der Waals surface area contributed by atoms with Crippen LogP contribution < -0.4 is 19.8 Å². The lowest BCUT2D eigenvalue weighted by atomic mass is 10.2. The lowest BCUT2D eigenvalue weighted by Crippen LogP contribution is -2.59. The predicted octanol–water partition coefficient (Wildman–Crippen LogP) is 1.57. The maximum atomic E-state index is 12.7. The lowest BCUT2D eigenvalue weighted by Gasteiger charge is -2.35. The fourth-order valence-electron chi connectivity index (χ4n) is 3.48. The minimum absolute atomic E-state index is 0.147. The van der Waals surface area contributed by atoms with Gasteiger partial charge in [0.2, 0.25) is 15.9 Å². The van der Waals surface area contributed by atoms with Gasteiger partial charge < -0.3 is 10.1 Å². The zero-order valence-electron chi connectivity index (χ0n) is 18.4. The molecule has 2 aromatic carbocycles. The van der Waals surface area contributed by atoms with Gasteiger partial charge in [-0.1, -0.05) is 0 Å². The van der Waals surface area contributed by atoms with Gasteiger partial charge in [0.25, 0.3) is 5.91 Å². The zero-order valence-corrected chi connectivity index (χ0v) is 19.3. The Kier molecular flexibility index (Phi) is 7.87. The Hall–Kier alpha value is -3.36. The average molecular weight is 516 g/mol. The van der Waals surface area contributed by atoms with E-state index in [1.807, 2.05) is 0 Å². The summed E-state index contributed by atoms with van der Waals surface area (Å²) in [5.74, 6) is -0.841. The maximum absolute atomic E-state index is 12.7. The molecule has 0 radical (unpaired) electrons. The molecule has 1 fully saturated rings. The third kappa shape index (κ3) is 6.83. The van der Waals surface area contributed by atoms with Gasteiger partial charge in [0.05, 0.1) is 30.6 Å². The number of amides is 2. The van der Waals surface area contributed by atoms with Gasteiger partial charge >= 0.3 is 6.18 Å². The summed E-state index contributed by atoms with van der Waals surface area (Å²) in [5.41, 5.74) is 0.859. The molecule has 0 aromatic heterocycles. The van der Waals surface area contributed by atoms with Gasteiger partial charge in [-0.15, -0.1) is 0 Å². The van der Waals surface area contributed by atoms with Gasteiger partial charge in [-0.2, -0.15) is 13.2 Å². The molecule has 1 atom stereocenters. The van der Waals surface area contributed by atoms with Gasteiger partial charge in [-0.05, 0) is 48.5 Å². The van der Waals surface area contributed by atoms with Gasteiger partial charge in [-0.3, -0.25) is 24.0 Å². The van der Waals surface area contributed by atoms with E-state index < -0.39 is 40.3 Å². The summed E-state index contributed by atoms with van der Waals surface area (Å²) in [6.07, 6.45) is -3.53. The number of halogens is 3. The average Bonchev–Trinajstić information content (AvgIpc) is 2.79. The van der Waals surface area contributed by atoms with E-state index in [4.69, 9.17) is 9.94 Å². The molecule has 3 rings (SSSR count). The van der Waals surface area contributed by atoms with Gasteiger partial charge in [0.15, 0.2) is 0 Å². The summed E-state index contributed by atoms with van der Waals surface area (Å²) in [6, 6.07) is 8.54. The van der Waals surface area contributed by atoms with Crippen molar-refractivity contribution in [2.45, 2.75) is 12.2 Å². The molecule has 14 heteroatoms. The Bertz CT molecular complexity index is 1160. The Morgan fingerprint density at radius 2 is 1.74 bits per heavy atom. The molecule has 0 aliphatic carbocycles.